The average Bonchev–Trinajstić information content (AvgIpc) is 3.77. The Kier molecular flexibility index (Phi) is 6.81. The molecule has 0 fully saturated rings. The Labute approximate surface area is 295 Å². The Morgan fingerprint density at radius 3 is 1.63 bits per heavy atom. The summed E-state index contributed by atoms with van der Waals surface area (Å²) in [6, 6.07) is 66.1. The molecule has 240 valence electrons. The molecule has 51 heavy (non-hydrogen) atoms. The molecule has 0 radical (unpaired) electrons. The third-order valence-electron chi connectivity index (χ3n) is 9.87. The lowest BCUT2D eigenvalue weighted by Crippen LogP contribution is -2.09. The number of para-hydroxylation sites is 3. The highest BCUT2D eigenvalue weighted by Crippen LogP contribution is 2.40. The first-order valence-electron chi connectivity index (χ1n) is 17.2. The van der Waals surface area contributed by atoms with Crippen molar-refractivity contribution in [3.63, 3.8) is 0 Å². The van der Waals surface area contributed by atoms with Crippen LogP contribution >= 0.6 is 0 Å². The summed E-state index contributed by atoms with van der Waals surface area (Å²) >= 11 is 0. The second kappa shape index (κ2) is 11.9. The van der Waals surface area contributed by atoms with Gasteiger partial charge in [0.2, 0.25) is 0 Å². The van der Waals surface area contributed by atoms with Crippen molar-refractivity contribution in [3.8, 4) is 33.4 Å². The summed E-state index contributed by atoms with van der Waals surface area (Å²) in [7, 11) is 0. The van der Waals surface area contributed by atoms with Gasteiger partial charge in [-0.15, -0.1) is 0 Å². The van der Waals surface area contributed by atoms with Crippen molar-refractivity contribution in [3.05, 3.63) is 188 Å². The standard InChI is InChI=1S/C48H31NO2/c1-3-11-32(12-4-1)34-13-9-16-39(29-34)49(37-14-5-2-6-15-37)38-25-21-33(22-26-38)35-23-27-42-43-28-24-36(31-47(43)50-46(42)30-35)40-18-10-19-44-41-17-7-8-20-45(41)51-48(40)44/h1-31H. The number of benzene rings is 8. The molecule has 0 saturated carbocycles. The SMILES string of the molecule is c1ccc(-c2cccc(N(c3ccccc3)c3ccc(-c4ccc5c(c4)oc4cc(-c6cccc7c6oc6ccccc67)ccc45)cc3)c2)cc1. The summed E-state index contributed by atoms with van der Waals surface area (Å²) in [4.78, 5) is 2.31. The summed E-state index contributed by atoms with van der Waals surface area (Å²) in [6.45, 7) is 0. The third-order valence-corrected chi connectivity index (χ3v) is 9.87. The predicted octanol–water partition coefficient (Wildman–Crippen LogP) is 14.0. The molecule has 0 aliphatic rings. The highest BCUT2D eigenvalue weighted by Gasteiger charge is 2.16. The predicted molar refractivity (Wildman–Crippen MR) is 212 cm³/mol. The van der Waals surface area contributed by atoms with Crippen molar-refractivity contribution < 1.29 is 8.83 Å². The van der Waals surface area contributed by atoms with Gasteiger partial charge >= 0.3 is 0 Å². The van der Waals surface area contributed by atoms with E-state index >= 15 is 0 Å². The van der Waals surface area contributed by atoms with Crippen molar-refractivity contribution >= 4 is 60.9 Å². The molecule has 0 aliphatic heterocycles. The smallest absolute Gasteiger partial charge is 0.143 e. The van der Waals surface area contributed by atoms with Crippen LogP contribution in [0, 0.1) is 0 Å². The van der Waals surface area contributed by atoms with E-state index in [0.717, 1.165) is 83.2 Å². The molecule has 0 spiro atoms. The van der Waals surface area contributed by atoms with E-state index < -0.39 is 0 Å². The number of hydrogen-bond acceptors (Lipinski definition) is 3. The highest BCUT2D eigenvalue weighted by molar-refractivity contribution is 6.11. The lowest BCUT2D eigenvalue weighted by molar-refractivity contribution is 0.668. The first-order valence-corrected chi connectivity index (χ1v) is 17.2. The van der Waals surface area contributed by atoms with Gasteiger partial charge in [0.05, 0.1) is 0 Å². The van der Waals surface area contributed by atoms with E-state index in [-0.39, 0.29) is 0 Å². The molecule has 8 aromatic carbocycles. The molecule has 0 N–H and O–H groups in total. The Morgan fingerprint density at radius 1 is 0.294 bits per heavy atom. The van der Waals surface area contributed by atoms with Gasteiger partial charge in [0.25, 0.3) is 0 Å². The molecular formula is C48H31NO2. The Morgan fingerprint density at radius 2 is 0.824 bits per heavy atom. The topological polar surface area (TPSA) is 29.5 Å². The first kappa shape index (κ1) is 29.1. The molecule has 0 aliphatic carbocycles. The minimum absolute atomic E-state index is 0.861. The molecule has 3 nitrogen and oxygen atoms in total. The normalized spacial score (nSPS) is 11.5. The fraction of sp³-hybridized carbons (Fsp3) is 0. The van der Waals surface area contributed by atoms with Crippen LogP contribution in [0.2, 0.25) is 0 Å². The average molecular weight is 654 g/mol. The quantitative estimate of drug-likeness (QED) is 0.179. The number of anilines is 3. The van der Waals surface area contributed by atoms with E-state index in [1.54, 1.807) is 0 Å². The second-order valence-corrected chi connectivity index (χ2v) is 12.9. The van der Waals surface area contributed by atoms with Crippen LogP contribution in [-0.4, -0.2) is 0 Å². The van der Waals surface area contributed by atoms with Crippen LogP contribution in [0.15, 0.2) is 197 Å². The zero-order valence-electron chi connectivity index (χ0n) is 27.7. The van der Waals surface area contributed by atoms with Crippen molar-refractivity contribution in [2.75, 3.05) is 4.90 Å². The van der Waals surface area contributed by atoms with Crippen molar-refractivity contribution in [2.24, 2.45) is 0 Å². The van der Waals surface area contributed by atoms with Gasteiger partial charge in [-0.1, -0.05) is 121 Å². The molecule has 0 amide bonds. The minimum Gasteiger partial charge on any atom is -0.456 e. The van der Waals surface area contributed by atoms with Gasteiger partial charge in [0, 0.05) is 44.2 Å². The van der Waals surface area contributed by atoms with Gasteiger partial charge in [0.15, 0.2) is 0 Å². The minimum atomic E-state index is 0.861. The monoisotopic (exact) mass is 653 g/mol. The molecule has 10 aromatic rings. The lowest BCUT2D eigenvalue weighted by atomic mass is 10.00. The molecule has 10 rings (SSSR count). The molecular weight excluding hydrogens is 623 g/mol. The van der Waals surface area contributed by atoms with Crippen LogP contribution in [0.4, 0.5) is 17.1 Å². The molecule has 0 atom stereocenters. The zero-order chi connectivity index (χ0) is 33.7. The number of furan rings is 2. The van der Waals surface area contributed by atoms with Gasteiger partial charge in [-0.2, -0.15) is 0 Å². The number of nitrogens with zero attached hydrogens (tertiary/aromatic N) is 1. The van der Waals surface area contributed by atoms with Crippen LogP contribution < -0.4 is 4.90 Å². The Bertz CT molecular complexity index is 2850. The Balaban J connectivity index is 1.000. The van der Waals surface area contributed by atoms with Crippen LogP contribution in [0.1, 0.15) is 0 Å². The van der Waals surface area contributed by atoms with Crippen LogP contribution in [0.25, 0.3) is 77.3 Å². The van der Waals surface area contributed by atoms with E-state index in [4.69, 9.17) is 8.83 Å². The summed E-state index contributed by atoms with van der Waals surface area (Å²) < 4.78 is 12.9. The van der Waals surface area contributed by atoms with Gasteiger partial charge < -0.3 is 13.7 Å². The van der Waals surface area contributed by atoms with Crippen molar-refractivity contribution in [1.29, 1.82) is 0 Å². The van der Waals surface area contributed by atoms with E-state index in [1.807, 2.05) is 12.1 Å². The van der Waals surface area contributed by atoms with Gasteiger partial charge in [-0.05, 0) is 94.5 Å². The Hall–Kier alpha value is -6.84. The summed E-state index contributed by atoms with van der Waals surface area (Å²) in [6.07, 6.45) is 0. The maximum absolute atomic E-state index is 6.53. The molecule has 0 saturated heterocycles. The van der Waals surface area contributed by atoms with Crippen LogP contribution in [0.5, 0.6) is 0 Å². The summed E-state index contributed by atoms with van der Waals surface area (Å²) in [5, 5.41) is 4.46. The third kappa shape index (κ3) is 5.06. The van der Waals surface area contributed by atoms with Gasteiger partial charge in [-0.3, -0.25) is 0 Å². The molecule has 3 heteroatoms. The lowest BCUT2D eigenvalue weighted by Gasteiger charge is -2.26. The van der Waals surface area contributed by atoms with E-state index in [2.05, 4.69) is 181 Å². The van der Waals surface area contributed by atoms with Gasteiger partial charge in [0.1, 0.15) is 22.3 Å². The maximum atomic E-state index is 6.53. The van der Waals surface area contributed by atoms with E-state index in [1.165, 1.54) is 11.1 Å². The second-order valence-electron chi connectivity index (χ2n) is 12.9. The van der Waals surface area contributed by atoms with E-state index in [0.29, 0.717) is 0 Å². The zero-order valence-corrected chi connectivity index (χ0v) is 27.7. The molecule has 2 aromatic heterocycles. The van der Waals surface area contributed by atoms with Gasteiger partial charge in [-0.25, -0.2) is 0 Å². The maximum Gasteiger partial charge on any atom is 0.143 e. The first-order chi connectivity index (χ1) is 25.3. The van der Waals surface area contributed by atoms with Crippen LogP contribution in [-0.2, 0) is 0 Å². The molecule has 2 heterocycles. The summed E-state index contributed by atoms with van der Waals surface area (Å²) in [5.74, 6) is 0. The highest BCUT2D eigenvalue weighted by atomic mass is 16.3. The fourth-order valence-corrected chi connectivity index (χ4v) is 7.38. The fourth-order valence-electron chi connectivity index (χ4n) is 7.38. The largest absolute Gasteiger partial charge is 0.456 e. The summed E-state index contributed by atoms with van der Waals surface area (Å²) in [5.41, 5.74) is 13.6. The van der Waals surface area contributed by atoms with Crippen molar-refractivity contribution in [1.82, 2.24) is 0 Å². The number of rotatable bonds is 6. The molecule has 0 bridgehead atoms. The number of hydrogen-bond donors (Lipinski definition) is 0. The van der Waals surface area contributed by atoms with E-state index in [9.17, 15) is 0 Å². The van der Waals surface area contributed by atoms with Crippen LogP contribution in [0.3, 0.4) is 0 Å². The number of fused-ring (bicyclic) bond motifs is 6. The van der Waals surface area contributed by atoms with Crippen molar-refractivity contribution in [2.45, 2.75) is 0 Å². The molecule has 0 unspecified atom stereocenters.